The second kappa shape index (κ2) is 7.29. The molecule has 2 heterocycles. The Bertz CT molecular complexity index is 1240. The SMILES string of the molecule is CCOc1ccccc1S(=O)(=O)Nc1cccc(-c2cn3c(C)csc3n2)c1. The molecule has 0 radical (unpaired) electrons. The van der Waals surface area contributed by atoms with Crippen LogP contribution in [0.2, 0.25) is 0 Å². The lowest BCUT2D eigenvalue weighted by Gasteiger charge is -2.12. The molecule has 0 spiro atoms. The summed E-state index contributed by atoms with van der Waals surface area (Å²) < 4.78 is 35.9. The average molecular weight is 414 g/mol. The van der Waals surface area contributed by atoms with E-state index in [1.54, 1.807) is 41.7 Å². The van der Waals surface area contributed by atoms with E-state index in [9.17, 15) is 8.42 Å². The summed E-state index contributed by atoms with van der Waals surface area (Å²) in [6.45, 7) is 4.23. The summed E-state index contributed by atoms with van der Waals surface area (Å²) in [5.74, 6) is 0.332. The molecule has 8 heteroatoms. The summed E-state index contributed by atoms with van der Waals surface area (Å²) in [4.78, 5) is 5.64. The molecule has 2 aromatic carbocycles. The van der Waals surface area contributed by atoms with Crippen LogP contribution in [0.25, 0.3) is 16.2 Å². The Hall–Kier alpha value is -2.84. The highest BCUT2D eigenvalue weighted by Crippen LogP contribution is 2.28. The number of nitrogens with one attached hydrogen (secondary N) is 1. The minimum absolute atomic E-state index is 0.111. The zero-order valence-corrected chi connectivity index (χ0v) is 17.0. The van der Waals surface area contributed by atoms with Crippen LogP contribution < -0.4 is 9.46 Å². The number of para-hydroxylation sites is 1. The van der Waals surface area contributed by atoms with E-state index in [1.807, 2.05) is 42.0 Å². The Labute approximate surface area is 167 Å². The molecule has 6 nitrogen and oxygen atoms in total. The van der Waals surface area contributed by atoms with E-state index in [-0.39, 0.29) is 4.90 Å². The summed E-state index contributed by atoms with van der Waals surface area (Å²) in [6.07, 6.45) is 1.96. The summed E-state index contributed by atoms with van der Waals surface area (Å²) >= 11 is 1.57. The van der Waals surface area contributed by atoms with Crippen molar-refractivity contribution in [1.82, 2.24) is 9.38 Å². The van der Waals surface area contributed by atoms with E-state index in [0.717, 1.165) is 21.9 Å². The normalized spacial score (nSPS) is 11.6. The molecular formula is C20H19N3O3S2. The van der Waals surface area contributed by atoms with Crippen molar-refractivity contribution in [3.05, 3.63) is 65.8 Å². The van der Waals surface area contributed by atoms with Gasteiger partial charge in [0.05, 0.1) is 12.3 Å². The first-order chi connectivity index (χ1) is 13.5. The fourth-order valence-corrected chi connectivity index (χ4v) is 4.98. The molecule has 28 heavy (non-hydrogen) atoms. The molecule has 0 bridgehead atoms. The van der Waals surface area contributed by atoms with Crippen LogP contribution >= 0.6 is 11.3 Å². The Morgan fingerprint density at radius 1 is 1.18 bits per heavy atom. The average Bonchev–Trinajstić information content (AvgIpc) is 3.25. The van der Waals surface area contributed by atoms with Crippen LogP contribution in [0.15, 0.2) is 65.0 Å². The lowest BCUT2D eigenvalue weighted by Crippen LogP contribution is -2.14. The number of rotatable bonds is 6. The third-order valence-electron chi connectivity index (χ3n) is 4.24. The lowest BCUT2D eigenvalue weighted by atomic mass is 10.1. The molecule has 0 saturated carbocycles. The second-order valence-electron chi connectivity index (χ2n) is 6.22. The fourth-order valence-electron chi connectivity index (χ4n) is 2.93. The van der Waals surface area contributed by atoms with Crippen LogP contribution in [0.3, 0.4) is 0 Å². The summed E-state index contributed by atoms with van der Waals surface area (Å²) in [7, 11) is -3.78. The molecule has 0 aliphatic heterocycles. The van der Waals surface area contributed by atoms with Gasteiger partial charge in [0.15, 0.2) is 4.96 Å². The number of aryl methyl sites for hydroxylation is 1. The number of benzene rings is 2. The molecule has 0 amide bonds. The number of thiazole rings is 1. The third kappa shape index (κ3) is 3.48. The van der Waals surface area contributed by atoms with Crippen LogP contribution in [-0.4, -0.2) is 24.4 Å². The maximum atomic E-state index is 12.9. The van der Waals surface area contributed by atoms with E-state index in [1.165, 1.54) is 6.07 Å². The Morgan fingerprint density at radius 3 is 2.79 bits per heavy atom. The Morgan fingerprint density at radius 2 is 2.00 bits per heavy atom. The second-order valence-corrected chi connectivity index (χ2v) is 8.71. The van der Waals surface area contributed by atoms with Crippen molar-refractivity contribution in [2.45, 2.75) is 18.7 Å². The van der Waals surface area contributed by atoms with Gasteiger partial charge in [-0.2, -0.15) is 0 Å². The molecule has 0 aliphatic carbocycles. The molecule has 4 rings (SSSR count). The quantitative estimate of drug-likeness (QED) is 0.502. The minimum atomic E-state index is -3.78. The van der Waals surface area contributed by atoms with Gasteiger partial charge in [-0.3, -0.25) is 9.12 Å². The highest BCUT2D eigenvalue weighted by molar-refractivity contribution is 7.92. The molecule has 2 aromatic heterocycles. The van der Waals surface area contributed by atoms with Gasteiger partial charge < -0.3 is 4.74 Å². The predicted octanol–water partition coefficient (Wildman–Crippen LogP) is 4.57. The number of sulfonamides is 1. The van der Waals surface area contributed by atoms with Crippen LogP contribution in [-0.2, 0) is 10.0 Å². The fraction of sp³-hybridized carbons (Fsp3) is 0.150. The van der Waals surface area contributed by atoms with E-state index in [2.05, 4.69) is 9.71 Å². The predicted molar refractivity (Wildman–Crippen MR) is 112 cm³/mol. The van der Waals surface area contributed by atoms with Crippen molar-refractivity contribution in [3.63, 3.8) is 0 Å². The first-order valence-electron chi connectivity index (χ1n) is 8.76. The van der Waals surface area contributed by atoms with Gasteiger partial charge in [0, 0.05) is 28.5 Å². The smallest absolute Gasteiger partial charge is 0.265 e. The number of imidazole rings is 1. The van der Waals surface area contributed by atoms with Gasteiger partial charge in [-0.25, -0.2) is 13.4 Å². The summed E-state index contributed by atoms with van der Waals surface area (Å²) in [5, 5.41) is 2.05. The van der Waals surface area contributed by atoms with Crippen molar-refractivity contribution >= 4 is 32.0 Å². The molecule has 0 fully saturated rings. The number of anilines is 1. The standard InChI is InChI=1S/C20H19N3O3S2/c1-3-26-18-9-4-5-10-19(18)28(24,25)22-16-8-6-7-15(11-16)17-12-23-14(2)13-27-20(23)21-17/h4-13,22H,3H2,1-2H3. The number of aromatic nitrogens is 2. The van der Waals surface area contributed by atoms with Crippen LogP contribution in [0.5, 0.6) is 5.75 Å². The first-order valence-corrected chi connectivity index (χ1v) is 11.1. The van der Waals surface area contributed by atoms with Gasteiger partial charge >= 0.3 is 0 Å². The molecule has 0 atom stereocenters. The van der Waals surface area contributed by atoms with Crippen molar-refractivity contribution in [2.24, 2.45) is 0 Å². The maximum Gasteiger partial charge on any atom is 0.265 e. The molecule has 4 aromatic rings. The number of fused-ring (bicyclic) bond motifs is 1. The minimum Gasteiger partial charge on any atom is -0.492 e. The van der Waals surface area contributed by atoms with Gasteiger partial charge in [0.25, 0.3) is 10.0 Å². The highest BCUT2D eigenvalue weighted by atomic mass is 32.2. The van der Waals surface area contributed by atoms with Crippen LogP contribution in [0, 0.1) is 6.92 Å². The largest absolute Gasteiger partial charge is 0.492 e. The number of hydrogen-bond acceptors (Lipinski definition) is 5. The van der Waals surface area contributed by atoms with E-state index >= 15 is 0 Å². The molecule has 1 N–H and O–H groups in total. The zero-order valence-electron chi connectivity index (χ0n) is 15.4. The van der Waals surface area contributed by atoms with Gasteiger partial charge in [-0.15, -0.1) is 11.3 Å². The van der Waals surface area contributed by atoms with Crippen LogP contribution in [0.4, 0.5) is 5.69 Å². The van der Waals surface area contributed by atoms with Crippen molar-refractivity contribution in [1.29, 1.82) is 0 Å². The van der Waals surface area contributed by atoms with Crippen molar-refractivity contribution in [3.8, 4) is 17.0 Å². The van der Waals surface area contributed by atoms with E-state index in [0.29, 0.717) is 18.0 Å². The van der Waals surface area contributed by atoms with E-state index in [4.69, 9.17) is 4.74 Å². The molecular weight excluding hydrogens is 394 g/mol. The topological polar surface area (TPSA) is 72.7 Å². The number of ether oxygens (including phenoxy) is 1. The molecule has 0 saturated heterocycles. The molecule has 144 valence electrons. The molecule has 0 aliphatic rings. The Kier molecular flexibility index (Phi) is 4.82. The van der Waals surface area contributed by atoms with Gasteiger partial charge in [-0.05, 0) is 38.1 Å². The van der Waals surface area contributed by atoms with Crippen molar-refractivity contribution < 1.29 is 13.2 Å². The van der Waals surface area contributed by atoms with Gasteiger partial charge in [-0.1, -0.05) is 24.3 Å². The summed E-state index contributed by atoms with van der Waals surface area (Å²) in [5.41, 5.74) is 3.22. The first kappa shape index (κ1) is 18.5. The monoisotopic (exact) mass is 413 g/mol. The highest BCUT2D eigenvalue weighted by Gasteiger charge is 2.19. The van der Waals surface area contributed by atoms with Gasteiger partial charge in [0.2, 0.25) is 0 Å². The zero-order chi connectivity index (χ0) is 19.7. The lowest BCUT2D eigenvalue weighted by molar-refractivity contribution is 0.331. The van der Waals surface area contributed by atoms with Crippen molar-refractivity contribution in [2.75, 3.05) is 11.3 Å². The molecule has 0 unspecified atom stereocenters. The number of nitrogens with zero attached hydrogens (tertiary/aromatic N) is 2. The Balaban J connectivity index is 1.66. The van der Waals surface area contributed by atoms with E-state index < -0.39 is 10.0 Å². The summed E-state index contributed by atoms with van der Waals surface area (Å²) in [6, 6.07) is 13.8. The van der Waals surface area contributed by atoms with Crippen LogP contribution in [0.1, 0.15) is 12.6 Å². The number of hydrogen-bond donors (Lipinski definition) is 1. The third-order valence-corrected chi connectivity index (χ3v) is 6.62. The van der Waals surface area contributed by atoms with Gasteiger partial charge in [0.1, 0.15) is 10.6 Å². The maximum absolute atomic E-state index is 12.9.